The molecule has 1 aliphatic rings. The number of rotatable bonds is 4. The van der Waals surface area contributed by atoms with Gasteiger partial charge < -0.3 is 10.2 Å². The van der Waals surface area contributed by atoms with E-state index in [2.05, 4.69) is 61.9 Å². The first-order chi connectivity index (χ1) is 17.5. The minimum Gasteiger partial charge on any atom is -0.322 e. The van der Waals surface area contributed by atoms with Gasteiger partial charge in [0.25, 0.3) is 5.91 Å². The first kappa shape index (κ1) is 23.7. The fourth-order valence-electron chi connectivity index (χ4n) is 4.31. The maximum absolute atomic E-state index is 12.9. The third kappa shape index (κ3) is 5.28. The molecule has 0 bridgehead atoms. The molecule has 4 heterocycles. The Kier molecular flexibility index (Phi) is 6.76. The van der Waals surface area contributed by atoms with Gasteiger partial charge in [0.05, 0.1) is 17.5 Å². The van der Waals surface area contributed by atoms with E-state index < -0.39 is 0 Å². The van der Waals surface area contributed by atoms with Crippen LogP contribution in [0.15, 0.2) is 55.2 Å². The topological polar surface area (TPSA) is 78.7 Å². The van der Waals surface area contributed by atoms with Crippen molar-refractivity contribution in [2.45, 2.75) is 20.4 Å². The van der Waals surface area contributed by atoms with Crippen LogP contribution in [0.1, 0.15) is 38.4 Å². The van der Waals surface area contributed by atoms with E-state index in [1.807, 2.05) is 29.7 Å². The quantitative estimate of drug-likeness (QED) is 0.453. The van der Waals surface area contributed by atoms with Crippen molar-refractivity contribution in [1.82, 2.24) is 29.2 Å². The summed E-state index contributed by atoms with van der Waals surface area (Å²) >= 11 is 0. The number of carbonyl (C=O) groups is 1. The van der Waals surface area contributed by atoms with Crippen molar-refractivity contribution < 1.29 is 4.79 Å². The van der Waals surface area contributed by atoms with Crippen molar-refractivity contribution in [2.75, 3.05) is 38.5 Å². The summed E-state index contributed by atoms with van der Waals surface area (Å²) in [6, 6.07) is 7.85. The van der Waals surface area contributed by atoms with Crippen molar-refractivity contribution in [3.05, 3.63) is 88.9 Å². The van der Waals surface area contributed by atoms with Crippen LogP contribution in [0, 0.1) is 25.7 Å². The second kappa shape index (κ2) is 10.3. The maximum Gasteiger partial charge on any atom is 0.257 e. The van der Waals surface area contributed by atoms with Crippen LogP contribution in [0.5, 0.6) is 0 Å². The molecule has 8 nitrogen and oxygen atoms in total. The minimum absolute atomic E-state index is 0.214. The number of hydrogen-bond acceptors (Lipinski definition) is 6. The van der Waals surface area contributed by atoms with Crippen molar-refractivity contribution >= 4 is 17.2 Å². The molecule has 1 aliphatic heterocycles. The normalized spacial score (nSPS) is 14.4. The Morgan fingerprint density at radius 3 is 2.67 bits per heavy atom. The number of aromatic nitrogens is 4. The number of benzene rings is 1. The summed E-state index contributed by atoms with van der Waals surface area (Å²) in [5.41, 5.74) is 6.70. The number of anilines is 1. The highest BCUT2D eigenvalue weighted by molar-refractivity contribution is 6.04. The Morgan fingerprint density at radius 2 is 1.86 bits per heavy atom. The Morgan fingerprint density at radius 1 is 1.03 bits per heavy atom. The Hall–Kier alpha value is -4.06. The number of nitrogens with one attached hydrogen (secondary N) is 1. The molecule has 1 saturated heterocycles. The zero-order valence-electron chi connectivity index (χ0n) is 20.8. The number of fused-ring (bicyclic) bond motifs is 1. The Labute approximate surface area is 211 Å². The molecule has 0 unspecified atom stereocenters. The number of pyridine rings is 1. The van der Waals surface area contributed by atoms with E-state index in [-0.39, 0.29) is 5.91 Å². The van der Waals surface area contributed by atoms with Crippen LogP contribution in [0.4, 0.5) is 5.69 Å². The van der Waals surface area contributed by atoms with Crippen LogP contribution in [0.25, 0.3) is 5.65 Å². The fourth-order valence-corrected chi connectivity index (χ4v) is 4.31. The third-order valence-corrected chi connectivity index (χ3v) is 6.53. The molecule has 1 aromatic carbocycles. The van der Waals surface area contributed by atoms with Crippen LogP contribution < -0.4 is 5.32 Å². The predicted molar refractivity (Wildman–Crippen MR) is 140 cm³/mol. The number of imidazole rings is 1. The molecular weight excluding hydrogens is 450 g/mol. The van der Waals surface area contributed by atoms with Gasteiger partial charge in [-0.15, -0.1) is 0 Å². The predicted octanol–water partition coefficient (Wildman–Crippen LogP) is 3.14. The van der Waals surface area contributed by atoms with E-state index in [0.717, 1.165) is 55.4 Å². The van der Waals surface area contributed by atoms with Gasteiger partial charge in [-0.2, -0.15) is 0 Å². The molecule has 36 heavy (non-hydrogen) atoms. The first-order valence-corrected chi connectivity index (χ1v) is 12.0. The number of likely N-dealkylation sites (N-methyl/N-ethyl adjacent to an activating group) is 1. The van der Waals surface area contributed by atoms with Gasteiger partial charge in [-0.1, -0.05) is 12.0 Å². The zero-order chi connectivity index (χ0) is 25.1. The van der Waals surface area contributed by atoms with E-state index >= 15 is 0 Å². The number of aryl methyl sites for hydroxylation is 2. The average molecular weight is 480 g/mol. The SMILES string of the molecule is Cc1cc(NC(=O)c2cncc(C#Cc3cnc4c(C)nccn34)c2)ccc1CN1CCN(C)CC1. The van der Waals surface area contributed by atoms with Crippen molar-refractivity contribution in [2.24, 2.45) is 0 Å². The van der Waals surface area contributed by atoms with E-state index in [0.29, 0.717) is 11.1 Å². The Balaban J connectivity index is 1.26. The van der Waals surface area contributed by atoms with E-state index in [9.17, 15) is 4.79 Å². The zero-order valence-corrected chi connectivity index (χ0v) is 20.8. The van der Waals surface area contributed by atoms with Gasteiger partial charge in [0, 0.05) is 68.8 Å². The van der Waals surface area contributed by atoms with Crippen molar-refractivity contribution in [3.8, 4) is 11.8 Å². The molecule has 1 N–H and O–H groups in total. The Bertz CT molecular complexity index is 1470. The number of hydrogen-bond donors (Lipinski definition) is 1. The molecular formula is C28H29N7O. The second-order valence-electron chi connectivity index (χ2n) is 9.24. The monoisotopic (exact) mass is 479 g/mol. The highest BCUT2D eigenvalue weighted by Crippen LogP contribution is 2.19. The number of piperazine rings is 1. The van der Waals surface area contributed by atoms with Crippen LogP contribution >= 0.6 is 0 Å². The van der Waals surface area contributed by atoms with Gasteiger partial charge in [-0.25, -0.2) is 4.98 Å². The molecule has 182 valence electrons. The number of amides is 1. The summed E-state index contributed by atoms with van der Waals surface area (Å²) in [5, 5.41) is 2.99. The molecule has 0 atom stereocenters. The van der Waals surface area contributed by atoms with Gasteiger partial charge in [-0.3, -0.25) is 24.1 Å². The molecule has 0 radical (unpaired) electrons. The molecule has 0 aliphatic carbocycles. The lowest BCUT2D eigenvalue weighted by molar-refractivity contribution is 0.102. The second-order valence-corrected chi connectivity index (χ2v) is 9.24. The number of nitrogens with zero attached hydrogens (tertiary/aromatic N) is 6. The van der Waals surface area contributed by atoms with E-state index in [1.54, 1.807) is 30.9 Å². The van der Waals surface area contributed by atoms with Gasteiger partial charge in [0.2, 0.25) is 0 Å². The summed E-state index contributed by atoms with van der Waals surface area (Å²) in [7, 11) is 2.16. The van der Waals surface area contributed by atoms with Crippen LogP contribution in [0.3, 0.4) is 0 Å². The molecule has 0 saturated carbocycles. The summed E-state index contributed by atoms with van der Waals surface area (Å²) in [4.78, 5) is 30.6. The van der Waals surface area contributed by atoms with Gasteiger partial charge in [0.1, 0.15) is 5.69 Å². The van der Waals surface area contributed by atoms with Gasteiger partial charge in [0.15, 0.2) is 5.65 Å². The van der Waals surface area contributed by atoms with Gasteiger partial charge in [-0.05, 0) is 56.1 Å². The molecule has 1 fully saturated rings. The summed E-state index contributed by atoms with van der Waals surface area (Å²) in [5.74, 6) is 6.00. The first-order valence-electron chi connectivity index (χ1n) is 12.0. The van der Waals surface area contributed by atoms with Crippen molar-refractivity contribution in [3.63, 3.8) is 0 Å². The number of carbonyl (C=O) groups excluding carboxylic acids is 1. The summed E-state index contributed by atoms with van der Waals surface area (Å²) in [6.07, 6.45) is 8.48. The van der Waals surface area contributed by atoms with Crippen molar-refractivity contribution in [1.29, 1.82) is 0 Å². The largest absolute Gasteiger partial charge is 0.322 e. The molecule has 1 amide bonds. The lowest BCUT2D eigenvalue weighted by Crippen LogP contribution is -2.43. The minimum atomic E-state index is -0.214. The van der Waals surface area contributed by atoms with E-state index in [1.165, 1.54) is 11.1 Å². The lowest BCUT2D eigenvalue weighted by atomic mass is 10.1. The summed E-state index contributed by atoms with van der Waals surface area (Å²) in [6.45, 7) is 9.29. The third-order valence-electron chi connectivity index (χ3n) is 6.53. The standard InChI is InChI=1S/C28H29N7O/c1-20-14-25(6-5-23(20)19-34-12-10-33(3)11-13-34)32-28(36)24-15-22(16-29-17-24)4-7-26-18-31-27-21(2)30-8-9-35(26)27/h5-6,8-9,14-18H,10-13,19H2,1-3H3,(H,32,36). The highest BCUT2D eigenvalue weighted by Gasteiger charge is 2.15. The van der Waals surface area contributed by atoms with Gasteiger partial charge >= 0.3 is 0 Å². The van der Waals surface area contributed by atoms with Crippen LogP contribution in [-0.4, -0.2) is 68.3 Å². The summed E-state index contributed by atoms with van der Waals surface area (Å²) < 4.78 is 1.90. The lowest BCUT2D eigenvalue weighted by Gasteiger charge is -2.32. The molecule has 0 spiro atoms. The molecule has 5 rings (SSSR count). The maximum atomic E-state index is 12.9. The van der Waals surface area contributed by atoms with Crippen LogP contribution in [-0.2, 0) is 6.54 Å². The fraction of sp³-hybridized carbons (Fsp3) is 0.286. The molecule has 8 heteroatoms. The molecule has 4 aromatic rings. The van der Waals surface area contributed by atoms with Crippen LogP contribution in [0.2, 0.25) is 0 Å². The highest BCUT2D eigenvalue weighted by atomic mass is 16.1. The van der Waals surface area contributed by atoms with E-state index in [4.69, 9.17) is 0 Å². The average Bonchev–Trinajstić information content (AvgIpc) is 3.30. The smallest absolute Gasteiger partial charge is 0.257 e. The molecule has 3 aromatic heterocycles.